The molecular formula is C20H28N3O3S+. The average molecular weight is 391 g/mol. The minimum absolute atomic E-state index is 0.0623. The van der Waals surface area contributed by atoms with Crippen LogP contribution in [0.4, 0.5) is 0 Å². The summed E-state index contributed by atoms with van der Waals surface area (Å²) in [6.07, 6.45) is 3.13. The smallest absolute Gasteiger partial charge is 0.305 e. The molecule has 1 aromatic heterocycles. The molecule has 1 fully saturated rings. The minimum atomic E-state index is -0.200. The molecule has 27 heavy (non-hydrogen) atoms. The second kappa shape index (κ2) is 9.80. The van der Waals surface area contributed by atoms with Gasteiger partial charge in [-0.2, -0.15) is 0 Å². The molecule has 1 aliphatic rings. The molecule has 1 amide bonds. The monoisotopic (exact) mass is 390 g/mol. The zero-order valence-corrected chi connectivity index (χ0v) is 16.6. The van der Waals surface area contributed by atoms with Crippen LogP contribution in [0, 0.1) is 0 Å². The first-order valence-electron chi connectivity index (χ1n) is 9.77. The molecule has 2 heterocycles. The molecule has 0 spiro atoms. The highest BCUT2D eigenvalue weighted by molar-refractivity contribution is 7.18. The van der Waals surface area contributed by atoms with Crippen LogP contribution in [0.25, 0.3) is 10.2 Å². The highest BCUT2D eigenvalue weighted by Gasteiger charge is 2.26. The van der Waals surface area contributed by atoms with Gasteiger partial charge in [0, 0.05) is 31.7 Å². The third-order valence-electron chi connectivity index (χ3n) is 4.95. The van der Waals surface area contributed by atoms with Gasteiger partial charge in [0.2, 0.25) is 0 Å². The van der Waals surface area contributed by atoms with Crippen molar-refractivity contribution >= 4 is 33.4 Å². The largest absolute Gasteiger partial charge is 0.466 e. The fourth-order valence-corrected chi connectivity index (χ4v) is 4.63. The molecule has 1 saturated heterocycles. The molecule has 1 aromatic carbocycles. The number of esters is 1. The summed E-state index contributed by atoms with van der Waals surface area (Å²) in [6.45, 7) is 5.23. The topological polar surface area (TPSA) is 72.7 Å². The highest BCUT2D eigenvalue weighted by Crippen LogP contribution is 2.31. The number of nitrogens with zero attached hydrogens (tertiary/aromatic N) is 1. The molecule has 6 nitrogen and oxygen atoms in total. The lowest BCUT2D eigenvalue weighted by Crippen LogP contribution is -3.14. The number of piperidine rings is 1. The Labute approximate surface area is 163 Å². The molecule has 146 valence electrons. The van der Waals surface area contributed by atoms with Gasteiger partial charge in [-0.3, -0.25) is 9.59 Å². The van der Waals surface area contributed by atoms with Gasteiger partial charge in [0.1, 0.15) is 0 Å². The van der Waals surface area contributed by atoms with E-state index in [1.165, 1.54) is 14.6 Å². The van der Waals surface area contributed by atoms with Crippen LogP contribution < -0.4 is 10.2 Å². The van der Waals surface area contributed by atoms with Crippen LogP contribution in [0.2, 0.25) is 0 Å². The number of hydrogen-bond acceptors (Lipinski definition) is 5. The Balaban J connectivity index is 1.36. The quantitative estimate of drug-likeness (QED) is 0.530. The van der Waals surface area contributed by atoms with Crippen molar-refractivity contribution in [1.82, 2.24) is 10.3 Å². The van der Waals surface area contributed by atoms with Crippen LogP contribution >= 0.6 is 11.3 Å². The van der Waals surface area contributed by atoms with Crippen LogP contribution in [0.1, 0.15) is 43.5 Å². The Hall–Kier alpha value is -1.99. The second-order valence-electron chi connectivity index (χ2n) is 6.98. The molecule has 0 unspecified atom stereocenters. The summed E-state index contributed by atoms with van der Waals surface area (Å²) in [6, 6.07) is 8.29. The molecule has 0 radical (unpaired) electrons. The summed E-state index contributed by atoms with van der Waals surface area (Å²) < 4.78 is 6.13. The number of hydrogen-bond donors (Lipinski definition) is 2. The van der Waals surface area contributed by atoms with E-state index in [1.807, 2.05) is 6.07 Å². The van der Waals surface area contributed by atoms with Gasteiger partial charge in [0.25, 0.3) is 5.91 Å². The predicted molar refractivity (Wildman–Crippen MR) is 106 cm³/mol. The number of rotatable bonds is 8. The van der Waals surface area contributed by atoms with Crippen LogP contribution in [-0.4, -0.2) is 49.6 Å². The number of benzene rings is 1. The van der Waals surface area contributed by atoms with Crippen molar-refractivity contribution in [3.05, 3.63) is 29.3 Å². The normalized spacial score (nSPS) is 19.7. The Morgan fingerprint density at radius 2 is 2.07 bits per heavy atom. The van der Waals surface area contributed by atoms with Crippen molar-refractivity contribution in [3.63, 3.8) is 0 Å². The predicted octanol–water partition coefficient (Wildman–Crippen LogP) is 1.52. The summed E-state index contributed by atoms with van der Waals surface area (Å²) >= 11 is 1.80. The van der Waals surface area contributed by atoms with Crippen molar-refractivity contribution in [3.8, 4) is 0 Å². The maximum atomic E-state index is 12.1. The van der Waals surface area contributed by atoms with Gasteiger partial charge in [-0.05, 0) is 25.5 Å². The van der Waals surface area contributed by atoms with Crippen LogP contribution in [0.15, 0.2) is 24.3 Å². The van der Waals surface area contributed by atoms with Gasteiger partial charge in [-0.15, -0.1) is 11.3 Å². The van der Waals surface area contributed by atoms with E-state index < -0.39 is 0 Å². The van der Waals surface area contributed by atoms with Gasteiger partial charge in [0.05, 0.1) is 34.9 Å². The SMILES string of the molecule is CCOC(=O)CCCNC(=O)C[NH+]1CCC(c2nc3ccccc3s2)CC1. The molecule has 0 bridgehead atoms. The Bertz CT molecular complexity index is 736. The van der Waals surface area contributed by atoms with Crippen LogP contribution in [-0.2, 0) is 14.3 Å². The van der Waals surface area contributed by atoms with E-state index in [0.29, 0.717) is 38.5 Å². The molecule has 2 aromatic rings. The van der Waals surface area contributed by atoms with E-state index in [0.717, 1.165) is 31.4 Å². The van der Waals surface area contributed by atoms with E-state index in [9.17, 15) is 9.59 Å². The van der Waals surface area contributed by atoms with Crippen molar-refractivity contribution in [1.29, 1.82) is 0 Å². The summed E-state index contributed by atoms with van der Waals surface area (Å²) in [7, 11) is 0. The first-order valence-corrected chi connectivity index (χ1v) is 10.6. The van der Waals surface area contributed by atoms with Gasteiger partial charge < -0.3 is 15.0 Å². The number of thiazole rings is 1. The fourth-order valence-electron chi connectivity index (χ4n) is 3.50. The van der Waals surface area contributed by atoms with Crippen molar-refractivity contribution < 1.29 is 19.2 Å². The lowest BCUT2D eigenvalue weighted by molar-refractivity contribution is -0.897. The summed E-state index contributed by atoms with van der Waals surface area (Å²) in [5.41, 5.74) is 1.09. The van der Waals surface area contributed by atoms with Gasteiger partial charge in [-0.1, -0.05) is 12.1 Å². The van der Waals surface area contributed by atoms with E-state index in [-0.39, 0.29) is 11.9 Å². The van der Waals surface area contributed by atoms with Gasteiger partial charge in [0.15, 0.2) is 6.54 Å². The number of para-hydroxylation sites is 1. The van der Waals surface area contributed by atoms with Crippen LogP contribution in [0.5, 0.6) is 0 Å². The third-order valence-corrected chi connectivity index (χ3v) is 6.15. The Morgan fingerprint density at radius 1 is 1.30 bits per heavy atom. The summed E-state index contributed by atoms with van der Waals surface area (Å²) in [5.74, 6) is 0.375. The maximum Gasteiger partial charge on any atom is 0.305 e. The molecule has 2 N–H and O–H groups in total. The molecule has 0 atom stereocenters. The second-order valence-corrected chi connectivity index (χ2v) is 8.04. The number of amides is 1. The molecule has 3 rings (SSSR count). The number of carbonyl (C=O) groups is 2. The number of carbonyl (C=O) groups excluding carboxylic acids is 2. The fraction of sp³-hybridized carbons (Fsp3) is 0.550. The van der Waals surface area contributed by atoms with Crippen molar-refractivity contribution in [2.24, 2.45) is 0 Å². The van der Waals surface area contributed by atoms with Crippen LogP contribution in [0.3, 0.4) is 0 Å². The molecule has 0 aliphatic carbocycles. The lowest BCUT2D eigenvalue weighted by atomic mass is 9.97. The number of aromatic nitrogens is 1. The van der Waals surface area contributed by atoms with E-state index in [2.05, 4.69) is 23.5 Å². The molecule has 7 heteroatoms. The summed E-state index contributed by atoms with van der Waals surface area (Å²) in [5, 5.41) is 4.15. The minimum Gasteiger partial charge on any atom is -0.466 e. The van der Waals surface area contributed by atoms with E-state index >= 15 is 0 Å². The zero-order valence-electron chi connectivity index (χ0n) is 15.8. The van der Waals surface area contributed by atoms with Crippen molar-refractivity contribution in [2.75, 3.05) is 32.8 Å². The number of quaternary nitrogens is 1. The number of fused-ring (bicyclic) bond motifs is 1. The van der Waals surface area contributed by atoms with Gasteiger partial charge >= 0.3 is 5.97 Å². The van der Waals surface area contributed by atoms with E-state index in [1.54, 1.807) is 18.3 Å². The number of nitrogens with one attached hydrogen (secondary N) is 2. The average Bonchev–Trinajstić information content (AvgIpc) is 3.10. The summed E-state index contributed by atoms with van der Waals surface area (Å²) in [4.78, 5) is 29.5. The number of ether oxygens (including phenoxy) is 1. The first-order chi connectivity index (χ1) is 13.2. The Morgan fingerprint density at radius 3 is 2.81 bits per heavy atom. The van der Waals surface area contributed by atoms with Crippen molar-refractivity contribution in [2.45, 2.75) is 38.5 Å². The maximum absolute atomic E-state index is 12.1. The number of likely N-dealkylation sites (tertiary alicyclic amines) is 1. The first kappa shape index (κ1) is 19.8. The standard InChI is InChI=1S/C20H27N3O3S/c1-2-26-19(25)8-5-11-21-18(24)14-23-12-9-15(10-13-23)20-22-16-6-3-4-7-17(16)27-20/h3-4,6-7,15H,2,5,8-14H2,1H3,(H,21,24)/p+1. The van der Waals surface area contributed by atoms with E-state index in [4.69, 9.17) is 9.72 Å². The highest BCUT2D eigenvalue weighted by atomic mass is 32.1. The zero-order chi connectivity index (χ0) is 19.1. The molecular weight excluding hydrogens is 362 g/mol. The lowest BCUT2D eigenvalue weighted by Gasteiger charge is -2.27. The third kappa shape index (κ3) is 5.74. The Kier molecular flexibility index (Phi) is 7.18. The molecule has 1 aliphatic heterocycles. The van der Waals surface area contributed by atoms with Gasteiger partial charge in [-0.25, -0.2) is 4.98 Å². The molecule has 0 saturated carbocycles.